The topological polar surface area (TPSA) is 109 Å². The van der Waals surface area contributed by atoms with Crippen molar-refractivity contribution in [3.05, 3.63) is 54.6 Å². The van der Waals surface area contributed by atoms with Crippen LogP contribution >= 0.6 is 0 Å². The van der Waals surface area contributed by atoms with Gasteiger partial charge >= 0.3 is 0 Å². The van der Waals surface area contributed by atoms with Crippen LogP contribution in [0.2, 0.25) is 0 Å². The zero-order chi connectivity index (χ0) is 20.9. The van der Waals surface area contributed by atoms with Gasteiger partial charge in [-0.3, -0.25) is 9.52 Å². The van der Waals surface area contributed by atoms with Crippen molar-refractivity contribution in [1.29, 1.82) is 0 Å². The van der Waals surface area contributed by atoms with Crippen molar-refractivity contribution in [1.82, 2.24) is 0 Å². The lowest BCUT2D eigenvalue weighted by molar-refractivity contribution is -0.115. The summed E-state index contributed by atoms with van der Waals surface area (Å²) in [7, 11) is -7.00. The number of carbonyl (C=O) groups excluding carboxylic acids is 1. The van der Waals surface area contributed by atoms with Crippen LogP contribution in [0.25, 0.3) is 0 Å². The van der Waals surface area contributed by atoms with E-state index in [-0.39, 0.29) is 22.3 Å². The smallest absolute Gasteiger partial charge is 0.261 e. The molecule has 1 aliphatic carbocycles. The monoisotopic (exact) mass is 436 g/mol. The molecule has 0 unspecified atom stereocenters. The lowest BCUT2D eigenvalue weighted by Gasteiger charge is -2.12. The molecule has 1 aliphatic rings. The van der Waals surface area contributed by atoms with Crippen molar-refractivity contribution in [2.75, 3.05) is 15.8 Å². The Morgan fingerprint density at radius 1 is 0.897 bits per heavy atom. The van der Waals surface area contributed by atoms with Crippen molar-refractivity contribution in [2.45, 2.75) is 42.2 Å². The molecule has 29 heavy (non-hydrogen) atoms. The Bertz CT molecular complexity index is 1060. The minimum atomic E-state index is -3.74. The molecule has 0 aromatic heterocycles. The molecule has 1 amide bonds. The van der Waals surface area contributed by atoms with Crippen LogP contribution < -0.4 is 10.0 Å². The van der Waals surface area contributed by atoms with Gasteiger partial charge in [-0.15, -0.1) is 0 Å². The predicted molar refractivity (Wildman–Crippen MR) is 113 cm³/mol. The minimum Gasteiger partial charge on any atom is -0.326 e. The summed E-state index contributed by atoms with van der Waals surface area (Å²) in [5.74, 6) is -0.598. The zero-order valence-electron chi connectivity index (χ0n) is 15.9. The van der Waals surface area contributed by atoms with Gasteiger partial charge in [0.05, 0.1) is 21.6 Å². The number of hydrogen-bond acceptors (Lipinski definition) is 5. The van der Waals surface area contributed by atoms with Gasteiger partial charge in [-0.1, -0.05) is 37.1 Å². The SMILES string of the molecule is O=C(CCS(=O)(=O)C1CCCC1)Nc1cccc(NS(=O)(=O)c2ccccc2)c1. The second kappa shape index (κ2) is 8.96. The first kappa shape index (κ1) is 21.3. The summed E-state index contributed by atoms with van der Waals surface area (Å²) in [6.45, 7) is 0. The van der Waals surface area contributed by atoms with Crippen LogP contribution in [-0.4, -0.2) is 33.7 Å². The number of nitrogens with one attached hydrogen (secondary N) is 2. The molecule has 2 aromatic carbocycles. The third-order valence-corrected chi connectivity index (χ3v) is 8.53. The molecule has 0 atom stereocenters. The van der Waals surface area contributed by atoms with E-state index >= 15 is 0 Å². The molecule has 0 spiro atoms. The number of sulfonamides is 1. The highest BCUT2D eigenvalue weighted by Gasteiger charge is 2.28. The number of anilines is 2. The lowest BCUT2D eigenvalue weighted by Crippen LogP contribution is -2.24. The largest absolute Gasteiger partial charge is 0.326 e. The molecule has 1 fully saturated rings. The highest BCUT2D eigenvalue weighted by molar-refractivity contribution is 7.92. The van der Waals surface area contributed by atoms with Crippen molar-refractivity contribution < 1.29 is 21.6 Å². The van der Waals surface area contributed by atoms with E-state index in [9.17, 15) is 21.6 Å². The van der Waals surface area contributed by atoms with Crippen LogP contribution in [0.4, 0.5) is 11.4 Å². The van der Waals surface area contributed by atoms with Crippen LogP contribution in [0.3, 0.4) is 0 Å². The van der Waals surface area contributed by atoms with E-state index in [0.717, 1.165) is 12.8 Å². The van der Waals surface area contributed by atoms with E-state index in [2.05, 4.69) is 10.0 Å². The zero-order valence-corrected chi connectivity index (χ0v) is 17.5. The molecule has 3 rings (SSSR count). The van der Waals surface area contributed by atoms with Crippen molar-refractivity contribution in [3.63, 3.8) is 0 Å². The summed E-state index contributed by atoms with van der Waals surface area (Å²) in [5, 5.41) is 2.31. The van der Waals surface area contributed by atoms with Gasteiger partial charge in [-0.25, -0.2) is 16.8 Å². The van der Waals surface area contributed by atoms with Gasteiger partial charge in [0, 0.05) is 12.1 Å². The van der Waals surface area contributed by atoms with E-state index in [1.54, 1.807) is 36.4 Å². The van der Waals surface area contributed by atoms with Crippen molar-refractivity contribution in [2.24, 2.45) is 0 Å². The Morgan fingerprint density at radius 2 is 1.55 bits per heavy atom. The Hall–Kier alpha value is -2.39. The van der Waals surface area contributed by atoms with Crippen LogP contribution in [0.1, 0.15) is 32.1 Å². The third kappa shape index (κ3) is 5.80. The van der Waals surface area contributed by atoms with Gasteiger partial charge in [0.1, 0.15) is 0 Å². The minimum absolute atomic E-state index is 0.126. The average Bonchev–Trinajstić information content (AvgIpc) is 3.23. The van der Waals surface area contributed by atoms with Gasteiger partial charge in [-0.2, -0.15) is 0 Å². The van der Waals surface area contributed by atoms with Crippen LogP contribution in [0, 0.1) is 0 Å². The van der Waals surface area contributed by atoms with E-state index in [4.69, 9.17) is 0 Å². The summed E-state index contributed by atoms with van der Waals surface area (Å²) in [4.78, 5) is 12.3. The molecule has 156 valence electrons. The summed E-state index contributed by atoms with van der Waals surface area (Å²) >= 11 is 0. The normalized spacial score (nSPS) is 15.2. The van der Waals surface area contributed by atoms with Crippen molar-refractivity contribution in [3.8, 4) is 0 Å². The van der Waals surface area contributed by atoms with Gasteiger partial charge in [0.2, 0.25) is 5.91 Å². The number of sulfone groups is 1. The highest BCUT2D eigenvalue weighted by atomic mass is 32.2. The molecule has 9 heteroatoms. The number of amides is 1. The van der Waals surface area contributed by atoms with Crippen LogP contribution in [-0.2, 0) is 24.7 Å². The Balaban J connectivity index is 1.60. The first-order valence-corrected chi connectivity index (χ1v) is 12.7. The first-order valence-electron chi connectivity index (χ1n) is 9.46. The highest BCUT2D eigenvalue weighted by Crippen LogP contribution is 2.25. The number of rotatable bonds is 8. The van der Waals surface area contributed by atoms with E-state index < -0.39 is 25.8 Å². The Labute approximate surface area is 171 Å². The standard InChI is InChI=1S/C20H24N2O5S2/c23-20(13-14-28(24,25)18-9-4-5-10-18)21-16-7-6-8-17(15-16)22-29(26,27)19-11-2-1-3-12-19/h1-3,6-8,11-12,15,18,22H,4-5,9-10,13-14H2,(H,21,23). The number of benzene rings is 2. The first-order chi connectivity index (χ1) is 13.8. The quantitative estimate of drug-likeness (QED) is 0.661. The third-order valence-electron chi connectivity index (χ3n) is 4.88. The second-order valence-corrected chi connectivity index (χ2v) is 11.2. The second-order valence-electron chi connectivity index (χ2n) is 7.07. The molecule has 2 aromatic rings. The van der Waals surface area contributed by atoms with E-state index in [0.29, 0.717) is 24.2 Å². The summed E-state index contributed by atoms with van der Waals surface area (Å²) < 4.78 is 51.8. The molecule has 0 heterocycles. The molecule has 2 N–H and O–H groups in total. The fraction of sp³-hybridized carbons (Fsp3) is 0.350. The molecule has 0 bridgehead atoms. The Kier molecular flexibility index (Phi) is 6.59. The molecule has 1 saturated carbocycles. The van der Waals surface area contributed by atoms with E-state index in [1.807, 2.05) is 0 Å². The van der Waals surface area contributed by atoms with Crippen LogP contribution in [0.5, 0.6) is 0 Å². The van der Waals surface area contributed by atoms with Gasteiger partial charge < -0.3 is 5.32 Å². The fourth-order valence-electron chi connectivity index (χ4n) is 3.35. The van der Waals surface area contributed by atoms with Gasteiger partial charge in [0.15, 0.2) is 9.84 Å². The summed E-state index contributed by atoms with van der Waals surface area (Å²) in [6.07, 6.45) is 3.06. The van der Waals surface area contributed by atoms with Gasteiger partial charge in [0.25, 0.3) is 10.0 Å². The lowest BCUT2D eigenvalue weighted by atomic mass is 10.3. The predicted octanol–water partition coefficient (Wildman–Crippen LogP) is 3.17. The number of hydrogen-bond donors (Lipinski definition) is 2. The van der Waals surface area contributed by atoms with Crippen LogP contribution in [0.15, 0.2) is 59.5 Å². The molecule has 0 radical (unpaired) electrons. The summed E-state index contributed by atoms with van der Waals surface area (Å²) in [6, 6.07) is 14.2. The number of carbonyl (C=O) groups is 1. The van der Waals surface area contributed by atoms with Crippen molar-refractivity contribution >= 4 is 37.1 Å². The maximum Gasteiger partial charge on any atom is 0.261 e. The maximum atomic E-state index is 12.4. The molecule has 0 saturated heterocycles. The molecule has 0 aliphatic heterocycles. The molecular weight excluding hydrogens is 412 g/mol. The van der Waals surface area contributed by atoms with E-state index in [1.165, 1.54) is 18.2 Å². The Morgan fingerprint density at radius 3 is 2.24 bits per heavy atom. The molecule has 7 nitrogen and oxygen atoms in total. The molecular formula is C20H24N2O5S2. The summed E-state index contributed by atoms with van der Waals surface area (Å²) in [5.41, 5.74) is 0.687. The average molecular weight is 437 g/mol. The maximum absolute atomic E-state index is 12.4. The van der Waals surface area contributed by atoms with Gasteiger partial charge in [-0.05, 0) is 43.2 Å². The fourth-order valence-corrected chi connectivity index (χ4v) is 6.27.